The van der Waals surface area contributed by atoms with Crippen molar-refractivity contribution in [3.8, 4) is 0 Å². The summed E-state index contributed by atoms with van der Waals surface area (Å²) in [4.78, 5) is 17.4. The van der Waals surface area contributed by atoms with Crippen LogP contribution in [0.2, 0.25) is 4.34 Å². The molecular formula is C18H19ClN2OS. The van der Waals surface area contributed by atoms with Crippen molar-refractivity contribution in [1.29, 1.82) is 0 Å². The van der Waals surface area contributed by atoms with E-state index < -0.39 is 0 Å². The summed E-state index contributed by atoms with van der Waals surface area (Å²) < 4.78 is 0.665. The van der Waals surface area contributed by atoms with Crippen molar-refractivity contribution < 1.29 is 4.79 Å². The average Bonchev–Trinajstić information content (AvgIpc) is 3.02. The third kappa shape index (κ3) is 4.44. The van der Waals surface area contributed by atoms with Crippen LogP contribution in [0.5, 0.6) is 0 Å². The summed E-state index contributed by atoms with van der Waals surface area (Å²) >= 11 is 7.26. The van der Waals surface area contributed by atoms with Gasteiger partial charge in [-0.25, -0.2) is 0 Å². The maximum Gasteiger partial charge on any atom is 0.264 e. The van der Waals surface area contributed by atoms with Gasteiger partial charge in [0.05, 0.1) is 9.21 Å². The molecule has 1 aliphatic rings. The van der Waals surface area contributed by atoms with Crippen LogP contribution in [0.4, 0.5) is 0 Å². The van der Waals surface area contributed by atoms with Crippen LogP contribution in [0.1, 0.15) is 15.2 Å². The van der Waals surface area contributed by atoms with Crippen molar-refractivity contribution >= 4 is 34.9 Å². The van der Waals surface area contributed by atoms with Crippen molar-refractivity contribution in [3.05, 3.63) is 63.3 Å². The number of rotatable bonds is 4. The Hall–Kier alpha value is -1.62. The number of hydrogen-bond donors (Lipinski definition) is 0. The Balaban J connectivity index is 1.47. The normalized spacial score (nSPS) is 16.1. The van der Waals surface area contributed by atoms with E-state index >= 15 is 0 Å². The van der Waals surface area contributed by atoms with Crippen LogP contribution in [0.15, 0.2) is 48.5 Å². The quantitative estimate of drug-likeness (QED) is 0.839. The molecule has 23 heavy (non-hydrogen) atoms. The van der Waals surface area contributed by atoms with E-state index in [1.165, 1.54) is 16.9 Å². The van der Waals surface area contributed by atoms with E-state index in [9.17, 15) is 4.79 Å². The minimum atomic E-state index is 0.0985. The van der Waals surface area contributed by atoms with Gasteiger partial charge in [-0.3, -0.25) is 9.69 Å². The van der Waals surface area contributed by atoms with Crippen molar-refractivity contribution in [1.82, 2.24) is 9.80 Å². The minimum absolute atomic E-state index is 0.0985. The lowest BCUT2D eigenvalue weighted by Crippen LogP contribution is -2.48. The minimum Gasteiger partial charge on any atom is -0.335 e. The van der Waals surface area contributed by atoms with Gasteiger partial charge in [-0.15, -0.1) is 11.3 Å². The zero-order valence-corrected chi connectivity index (χ0v) is 14.4. The van der Waals surface area contributed by atoms with Crippen LogP contribution in [0.3, 0.4) is 0 Å². The zero-order valence-electron chi connectivity index (χ0n) is 12.8. The molecule has 5 heteroatoms. The monoisotopic (exact) mass is 346 g/mol. The SMILES string of the molecule is O=C(c1ccc(Cl)s1)N1CCN(CC=Cc2ccccc2)CC1. The summed E-state index contributed by atoms with van der Waals surface area (Å²) in [7, 11) is 0. The molecule has 3 nitrogen and oxygen atoms in total. The summed E-state index contributed by atoms with van der Waals surface area (Å²) in [5.41, 5.74) is 1.22. The first-order valence-corrected chi connectivity index (χ1v) is 8.90. The number of carbonyl (C=O) groups is 1. The molecule has 0 radical (unpaired) electrons. The van der Waals surface area contributed by atoms with Crippen molar-refractivity contribution in [3.63, 3.8) is 0 Å². The Bertz CT molecular complexity index is 675. The van der Waals surface area contributed by atoms with Crippen molar-refractivity contribution in [2.24, 2.45) is 0 Å². The molecule has 0 atom stereocenters. The highest BCUT2D eigenvalue weighted by molar-refractivity contribution is 7.17. The van der Waals surface area contributed by atoms with Crippen LogP contribution < -0.4 is 0 Å². The fourth-order valence-electron chi connectivity index (χ4n) is 2.62. The number of thiophene rings is 1. The van der Waals surface area contributed by atoms with Crippen molar-refractivity contribution in [2.75, 3.05) is 32.7 Å². The van der Waals surface area contributed by atoms with E-state index in [2.05, 4.69) is 29.2 Å². The maximum atomic E-state index is 12.4. The van der Waals surface area contributed by atoms with Gasteiger partial charge in [-0.1, -0.05) is 54.1 Å². The number of halogens is 1. The standard InChI is InChI=1S/C18H19ClN2OS/c19-17-9-8-16(23-17)18(22)21-13-11-20(12-14-21)10-4-7-15-5-2-1-3-6-15/h1-9H,10-14H2. The van der Waals surface area contributed by atoms with E-state index in [0.29, 0.717) is 4.34 Å². The van der Waals surface area contributed by atoms with Gasteiger partial charge in [-0.2, -0.15) is 0 Å². The maximum absolute atomic E-state index is 12.4. The van der Waals surface area contributed by atoms with Gasteiger partial charge in [0.2, 0.25) is 0 Å². The second kappa shape index (κ2) is 7.77. The van der Waals surface area contributed by atoms with E-state index in [-0.39, 0.29) is 5.91 Å². The van der Waals surface area contributed by atoms with Gasteiger partial charge in [0.25, 0.3) is 5.91 Å². The Kier molecular flexibility index (Phi) is 5.49. The molecule has 1 saturated heterocycles. The molecule has 1 fully saturated rings. The molecule has 1 aromatic carbocycles. The Morgan fingerprint density at radius 3 is 2.48 bits per heavy atom. The summed E-state index contributed by atoms with van der Waals surface area (Å²) in [5.74, 6) is 0.0985. The number of piperazine rings is 1. The van der Waals surface area contributed by atoms with E-state index in [1.807, 2.05) is 29.2 Å². The van der Waals surface area contributed by atoms with Gasteiger partial charge in [-0.05, 0) is 17.7 Å². The summed E-state index contributed by atoms with van der Waals surface area (Å²) in [6.07, 6.45) is 4.33. The van der Waals surface area contributed by atoms with Crippen LogP contribution in [0.25, 0.3) is 6.08 Å². The molecule has 0 spiro atoms. The first-order chi connectivity index (χ1) is 11.2. The number of nitrogens with zero attached hydrogens (tertiary/aromatic N) is 2. The van der Waals surface area contributed by atoms with Gasteiger partial charge in [0.15, 0.2) is 0 Å². The predicted octanol–water partition coefficient (Wildman–Crippen LogP) is 3.87. The molecule has 1 aromatic heterocycles. The fourth-order valence-corrected chi connectivity index (χ4v) is 3.63. The molecule has 0 bridgehead atoms. The Labute approximate surface area is 145 Å². The van der Waals surface area contributed by atoms with E-state index in [0.717, 1.165) is 37.6 Å². The zero-order chi connectivity index (χ0) is 16.1. The first-order valence-electron chi connectivity index (χ1n) is 7.71. The van der Waals surface area contributed by atoms with Crippen LogP contribution in [-0.2, 0) is 0 Å². The lowest BCUT2D eigenvalue weighted by molar-refractivity contribution is 0.0655. The predicted molar refractivity (Wildman–Crippen MR) is 97.1 cm³/mol. The largest absolute Gasteiger partial charge is 0.335 e. The second-order valence-electron chi connectivity index (χ2n) is 5.51. The van der Waals surface area contributed by atoms with Gasteiger partial charge >= 0.3 is 0 Å². The first kappa shape index (κ1) is 16.2. The van der Waals surface area contributed by atoms with Crippen LogP contribution >= 0.6 is 22.9 Å². The highest BCUT2D eigenvalue weighted by atomic mass is 35.5. The molecule has 0 saturated carbocycles. The van der Waals surface area contributed by atoms with Crippen molar-refractivity contribution in [2.45, 2.75) is 0 Å². The summed E-state index contributed by atoms with van der Waals surface area (Å²) in [5, 5.41) is 0. The molecule has 0 N–H and O–H groups in total. The molecule has 2 aromatic rings. The second-order valence-corrected chi connectivity index (χ2v) is 7.22. The highest BCUT2D eigenvalue weighted by Crippen LogP contribution is 2.23. The molecule has 120 valence electrons. The molecule has 1 aliphatic heterocycles. The smallest absolute Gasteiger partial charge is 0.264 e. The Morgan fingerprint density at radius 2 is 1.83 bits per heavy atom. The van der Waals surface area contributed by atoms with Gasteiger partial charge in [0, 0.05) is 32.7 Å². The lowest BCUT2D eigenvalue weighted by atomic mass is 10.2. The van der Waals surface area contributed by atoms with Crippen LogP contribution in [-0.4, -0.2) is 48.4 Å². The lowest BCUT2D eigenvalue weighted by Gasteiger charge is -2.33. The van der Waals surface area contributed by atoms with E-state index in [1.54, 1.807) is 6.07 Å². The molecule has 3 rings (SSSR count). The summed E-state index contributed by atoms with van der Waals surface area (Å²) in [6, 6.07) is 13.9. The number of hydrogen-bond acceptors (Lipinski definition) is 3. The molecule has 0 aliphatic carbocycles. The third-order valence-electron chi connectivity index (χ3n) is 3.92. The molecular weight excluding hydrogens is 328 g/mol. The molecule has 2 heterocycles. The Morgan fingerprint density at radius 1 is 1.09 bits per heavy atom. The van der Waals surface area contributed by atoms with Crippen LogP contribution in [0, 0.1) is 0 Å². The van der Waals surface area contributed by atoms with E-state index in [4.69, 9.17) is 11.6 Å². The summed E-state index contributed by atoms with van der Waals surface area (Å²) in [6.45, 7) is 4.27. The van der Waals surface area contributed by atoms with Gasteiger partial charge in [0.1, 0.15) is 0 Å². The molecule has 0 unspecified atom stereocenters. The van der Waals surface area contributed by atoms with Gasteiger partial charge < -0.3 is 4.90 Å². The number of benzene rings is 1. The average molecular weight is 347 g/mol. The highest BCUT2D eigenvalue weighted by Gasteiger charge is 2.22. The number of amides is 1. The molecule has 1 amide bonds. The third-order valence-corrected chi connectivity index (χ3v) is 5.14. The topological polar surface area (TPSA) is 23.6 Å². The fraction of sp³-hybridized carbons (Fsp3) is 0.278. The number of carbonyl (C=O) groups excluding carboxylic acids is 1.